The zero-order valence-corrected chi connectivity index (χ0v) is 11.8. The number of hydrogen-bond acceptors (Lipinski definition) is 3. The second-order valence-corrected chi connectivity index (χ2v) is 7.09. The fourth-order valence-electron chi connectivity index (χ4n) is 1.61. The van der Waals surface area contributed by atoms with Gasteiger partial charge in [0.25, 0.3) is 0 Å². The highest BCUT2D eigenvalue weighted by Gasteiger charge is 2.16. The summed E-state index contributed by atoms with van der Waals surface area (Å²) < 4.78 is 1.15. The van der Waals surface area contributed by atoms with Crippen LogP contribution in [0.5, 0.6) is 0 Å². The number of aryl methyl sites for hydroxylation is 2. The average molecular weight is 302 g/mol. The van der Waals surface area contributed by atoms with Crippen LogP contribution in [-0.2, 0) is 0 Å². The molecule has 0 saturated heterocycles. The molecule has 1 unspecified atom stereocenters. The summed E-state index contributed by atoms with van der Waals surface area (Å²) in [6, 6.07) is 4.27. The van der Waals surface area contributed by atoms with Crippen molar-refractivity contribution in [1.82, 2.24) is 0 Å². The predicted octanol–water partition coefficient (Wildman–Crippen LogP) is 4.24. The summed E-state index contributed by atoms with van der Waals surface area (Å²) >= 11 is 6.98. The monoisotopic (exact) mass is 301 g/mol. The summed E-state index contributed by atoms with van der Waals surface area (Å²) in [5.74, 6) is 0. The number of thiophene rings is 2. The van der Waals surface area contributed by atoms with E-state index in [0.29, 0.717) is 0 Å². The minimum Gasteiger partial charge on any atom is -0.320 e. The molecule has 0 aliphatic rings. The van der Waals surface area contributed by atoms with Crippen LogP contribution in [0.25, 0.3) is 0 Å². The van der Waals surface area contributed by atoms with Crippen molar-refractivity contribution in [2.24, 2.45) is 5.73 Å². The summed E-state index contributed by atoms with van der Waals surface area (Å²) in [5.41, 5.74) is 8.79. The smallest absolute Gasteiger partial charge is 0.0704 e. The normalized spacial score (nSPS) is 13.1. The zero-order chi connectivity index (χ0) is 11.0. The van der Waals surface area contributed by atoms with Crippen LogP contribution in [-0.4, -0.2) is 0 Å². The second kappa shape index (κ2) is 4.37. The highest BCUT2D eigenvalue weighted by molar-refractivity contribution is 9.11. The highest BCUT2D eigenvalue weighted by atomic mass is 79.9. The highest BCUT2D eigenvalue weighted by Crippen LogP contribution is 2.35. The van der Waals surface area contributed by atoms with Gasteiger partial charge in [0.05, 0.1) is 9.83 Å². The Balaban J connectivity index is 2.40. The molecule has 2 rings (SSSR count). The molecule has 1 nitrogen and oxygen atoms in total. The molecule has 0 saturated carbocycles. The molecule has 0 radical (unpaired) electrons. The van der Waals surface area contributed by atoms with Crippen LogP contribution < -0.4 is 5.73 Å². The first-order chi connectivity index (χ1) is 7.09. The lowest BCUT2D eigenvalue weighted by Crippen LogP contribution is -2.11. The van der Waals surface area contributed by atoms with Crippen molar-refractivity contribution in [2.75, 3.05) is 0 Å². The molecule has 2 aromatic heterocycles. The van der Waals surface area contributed by atoms with Gasteiger partial charge >= 0.3 is 0 Å². The van der Waals surface area contributed by atoms with Crippen LogP contribution in [0.4, 0.5) is 0 Å². The topological polar surface area (TPSA) is 26.0 Å². The average Bonchev–Trinajstić information content (AvgIpc) is 2.71. The minimum atomic E-state index is 0.0209. The second-order valence-electron chi connectivity index (χ2n) is 3.51. The Morgan fingerprint density at radius 2 is 2.13 bits per heavy atom. The van der Waals surface area contributed by atoms with Crippen molar-refractivity contribution in [3.05, 3.63) is 42.2 Å². The van der Waals surface area contributed by atoms with Crippen molar-refractivity contribution in [1.29, 1.82) is 0 Å². The van der Waals surface area contributed by atoms with Crippen molar-refractivity contribution < 1.29 is 0 Å². The van der Waals surface area contributed by atoms with E-state index in [0.717, 1.165) is 3.79 Å². The summed E-state index contributed by atoms with van der Waals surface area (Å²) in [6.45, 7) is 4.23. The standard InChI is InChI=1S/C11H12BrNS2/c1-6-3-4-14-11(6)10(13)8-5-9(12)15-7(8)2/h3-5,10H,13H2,1-2H3. The van der Waals surface area contributed by atoms with E-state index in [1.807, 2.05) is 0 Å². The Morgan fingerprint density at radius 1 is 1.40 bits per heavy atom. The molecule has 1 atom stereocenters. The van der Waals surface area contributed by atoms with E-state index in [1.165, 1.54) is 20.9 Å². The van der Waals surface area contributed by atoms with E-state index in [4.69, 9.17) is 5.73 Å². The van der Waals surface area contributed by atoms with Gasteiger partial charge in [-0.2, -0.15) is 0 Å². The predicted molar refractivity (Wildman–Crippen MR) is 71.8 cm³/mol. The summed E-state index contributed by atoms with van der Waals surface area (Å²) in [7, 11) is 0. The lowest BCUT2D eigenvalue weighted by molar-refractivity contribution is 0.882. The van der Waals surface area contributed by atoms with Gasteiger partial charge in [0.15, 0.2) is 0 Å². The maximum absolute atomic E-state index is 6.27. The maximum Gasteiger partial charge on any atom is 0.0704 e. The molecule has 0 amide bonds. The summed E-state index contributed by atoms with van der Waals surface area (Å²) in [6.07, 6.45) is 0. The van der Waals surface area contributed by atoms with Crippen LogP contribution >= 0.6 is 38.6 Å². The summed E-state index contributed by atoms with van der Waals surface area (Å²) in [4.78, 5) is 2.56. The van der Waals surface area contributed by atoms with Crippen molar-refractivity contribution in [3.63, 3.8) is 0 Å². The molecule has 4 heteroatoms. The fourth-order valence-corrected chi connectivity index (χ4v) is 4.32. The molecular formula is C11H12BrNS2. The fraction of sp³-hybridized carbons (Fsp3) is 0.273. The molecule has 80 valence electrons. The van der Waals surface area contributed by atoms with Gasteiger partial charge in [0, 0.05) is 9.75 Å². The molecule has 0 fully saturated rings. The van der Waals surface area contributed by atoms with Gasteiger partial charge in [-0.25, -0.2) is 0 Å². The van der Waals surface area contributed by atoms with Crippen LogP contribution in [0.1, 0.15) is 26.9 Å². The van der Waals surface area contributed by atoms with Crippen LogP contribution in [0.3, 0.4) is 0 Å². The Kier molecular flexibility index (Phi) is 3.30. The van der Waals surface area contributed by atoms with Crippen molar-refractivity contribution >= 4 is 38.6 Å². The van der Waals surface area contributed by atoms with Crippen LogP contribution in [0, 0.1) is 13.8 Å². The van der Waals surface area contributed by atoms with Gasteiger partial charge in [0.1, 0.15) is 0 Å². The zero-order valence-electron chi connectivity index (χ0n) is 8.58. The van der Waals surface area contributed by atoms with Crippen molar-refractivity contribution in [2.45, 2.75) is 19.9 Å². The third kappa shape index (κ3) is 2.18. The molecule has 2 N–H and O–H groups in total. The number of rotatable bonds is 2. The minimum absolute atomic E-state index is 0.0209. The van der Waals surface area contributed by atoms with Crippen LogP contribution in [0.2, 0.25) is 0 Å². The van der Waals surface area contributed by atoms with Crippen molar-refractivity contribution in [3.8, 4) is 0 Å². The van der Waals surface area contributed by atoms with E-state index in [9.17, 15) is 0 Å². The number of hydrogen-bond donors (Lipinski definition) is 1. The van der Waals surface area contributed by atoms with Gasteiger partial charge in [-0.3, -0.25) is 0 Å². The SMILES string of the molecule is Cc1ccsc1C(N)c1cc(Br)sc1C. The Morgan fingerprint density at radius 3 is 2.60 bits per heavy atom. The quantitative estimate of drug-likeness (QED) is 0.882. The first kappa shape index (κ1) is 11.3. The lowest BCUT2D eigenvalue weighted by atomic mass is 10.1. The maximum atomic E-state index is 6.27. The van der Waals surface area contributed by atoms with Gasteiger partial charge in [-0.05, 0) is 58.4 Å². The lowest BCUT2D eigenvalue weighted by Gasteiger charge is -2.10. The molecule has 0 bridgehead atoms. The van der Waals surface area contributed by atoms with E-state index in [1.54, 1.807) is 22.7 Å². The van der Waals surface area contributed by atoms with E-state index >= 15 is 0 Å². The molecule has 0 aliphatic carbocycles. The molecule has 0 spiro atoms. The van der Waals surface area contributed by atoms with E-state index in [-0.39, 0.29) is 6.04 Å². The van der Waals surface area contributed by atoms with Gasteiger partial charge in [-0.15, -0.1) is 22.7 Å². The van der Waals surface area contributed by atoms with Gasteiger partial charge in [0.2, 0.25) is 0 Å². The molecule has 2 aromatic rings. The first-order valence-electron chi connectivity index (χ1n) is 4.65. The molecule has 15 heavy (non-hydrogen) atoms. The Labute approximate surface area is 106 Å². The summed E-state index contributed by atoms with van der Waals surface area (Å²) in [5, 5.41) is 2.10. The molecular weight excluding hydrogens is 290 g/mol. The molecule has 0 aromatic carbocycles. The number of nitrogens with two attached hydrogens (primary N) is 1. The first-order valence-corrected chi connectivity index (χ1v) is 7.14. The Hall–Kier alpha value is -0.160. The van der Waals surface area contributed by atoms with Crippen LogP contribution in [0.15, 0.2) is 21.3 Å². The third-order valence-electron chi connectivity index (χ3n) is 2.45. The van der Waals surface area contributed by atoms with Gasteiger partial charge < -0.3 is 5.73 Å². The van der Waals surface area contributed by atoms with Gasteiger partial charge in [-0.1, -0.05) is 0 Å². The number of halogens is 1. The Bertz CT molecular complexity index is 473. The van der Waals surface area contributed by atoms with E-state index in [2.05, 4.69) is 47.3 Å². The largest absolute Gasteiger partial charge is 0.320 e. The van der Waals surface area contributed by atoms with E-state index < -0.39 is 0 Å². The molecule has 2 heterocycles. The molecule has 0 aliphatic heterocycles. The third-order valence-corrected chi connectivity index (χ3v) is 5.12.